The molecule has 3 rings (SSSR count). The number of carbonyl (C=O) groups is 1. The third-order valence-electron chi connectivity index (χ3n) is 4.54. The van der Waals surface area contributed by atoms with E-state index >= 15 is 0 Å². The van der Waals surface area contributed by atoms with Gasteiger partial charge in [0.15, 0.2) is 0 Å². The van der Waals surface area contributed by atoms with Gasteiger partial charge in [0.2, 0.25) is 10.0 Å². The van der Waals surface area contributed by atoms with Gasteiger partial charge in [0.25, 0.3) is 5.91 Å². The summed E-state index contributed by atoms with van der Waals surface area (Å²) in [5, 5.41) is 2.51. The van der Waals surface area contributed by atoms with Crippen LogP contribution in [-0.2, 0) is 10.0 Å². The van der Waals surface area contributed by atoms with Crippen LogP contribution in [0.25, 0.3) is 0 Å². The maximum Gasteiger partial charge on any atom is 0.251 e. The van der Waals surface area contributed by atoms with Gasteiger partial charge in [-0.15, -0.1) is 0 Å². The number of nitrogens with zero attached hydrogens (tertiary/aromatic N) is 1. The van der Waals surface area contributed by atoms with E-state index in [1.165, 1.54) is 35.6 Å². The van der Waals surface area contributed by atoms with Crippen molar-refractivity contribution < 1.29 is 13.2 Å². The van der Waals surface area contributed by atoms with Gasteiger partial charge in [-0.3, -0.25) is 4.79 Å². The number of hydrogen-bond donors (Lipinski definition) is 2. The lowest BCUT2D eigenvalue weighted by molar-refractivity contribution is 0.0963. The number of benzene rings is 2. The molecule has 1 fully saturated rings. The van der Waals surface area contributed by atoms with E-state index < -0.39 is 10.0 Å². The van der Waals surface area contributed by atoms with Crippen molar-refractivity contribution in [1.82, 2.24) is 9.62 Å². The molecule has 0 spiro atoms. The smallest absolute Gasteiger partial charge is 0.251 e. The lowest BCUT2D eigenvalue weighted by Crippen LogP contribution is -2.32. The first-order valence-corrected chi connectivity index (χ1v) is 9.50. The summed E-state index contributed by atoms with van der Waals surface area (Å²) in [6.45, 7) is 0.629. The van der Waals surface area contributed by atoms with Crippen molar-refractivity contribution in [2.45, 2.75) is 16.9 Å². The molecule has 2 aromatic rings. The number of carbonyl (C=O) groups excluding carboxylic acids is 1. The molecule has 1 aliphatic rings. The normalized spacial score (nSPS) is 21.2. The molecule has 7 heteroatoms. The molecular formula is C18H21N3O3S. The van der Waals surface area contributed by atoms with E-state index in [1.54, 1.807) is 0 Å². The minimum atomic E-state index is -3.64. The first-order valence-electron chi connectivity index (χ1n) is 8.06. The zero-order valence-electron chi connectivity index (χ0n) is 13.9. The van der Waals surface area contributed by atoms with Gasteiger partial charge in [0.05, 0.1) is 4.90 Å². The van der Waals surface area contributed by atoms with Crippen LogP contribution in [0.1, 0.15) is 21.8 Å². The molecule has 132 valence electrons. The lowest BCUT2D eigenvalue weighted by atomic mass is 9.95. The van der Waals surface area contributed by atoms with Crippen LogP contribution in [0.2, 0.25) is 0 Å². The average molecular weight is 359 g/mol. The Kier molecular flexibility index (Phi) is 4.89. The number of hydrogen-bond acceptors (Lipinski definition) is 4. The summed E-state index contributed by atoms with van der Waals surface area (Å²) in [6, 6.07) is 15.4. The van der Waals surface area contributed by atoms with Gasteiger partial charge >= 0.3 is 0 Å². The van der Waals surface area contributed by atoms with Crippen LogP contribution in [0.5, 0.6) is 0 Å². The molecule has 25 heavy (non-hydrogen) atoms. The topological polar surface area (TPSA) is 92.5 Å². The molecule has 1 aliphatic heterocycles. The third-order valence-corrected chi connectivity index (χ3v) is 6.39. The predicted molar refractivity (Wildman–Crippen MR) is 95.7 cm³/mol. The standard InChI is InChI=1S/C18H21N3O3S/c1-20-18(22)14-7-9-15(10-8-14)25(23,24)21-11-16(17(19)12-21)13-5-3-2-4-6-13/h2-10,16-17H,11-12,19H2,1H3,(H,20,22)/t16-,17+/m0/s1. The van der Waals surface area contributed by atoms with Gasteiger partial charge in [0.1, 0.15) is 0 Å². The van der Waals surface area contributed by atoms with Crippen LogP contribution in [0.15, 0.2) is 59.5 Å². The summed E-state index contributed by atoms with van der Waals surface area (Å²) in [5.74, 6) is -0.280. The van der Waals surface area contributed by atoms with E-state index in [2.05, 4.69) is 5.32 Å². The number of nitrogens with one attached hydrogen (secondary N) is 1. The molecule has 3 N–H and O–H groups in total. The molecule has 2 aromatic carbocycles. The van der Waals surface area contributed by atoms with Gasteiger partial charge in [0, 0.05) is 37.7 Å². The molecule has 1 heterocycles. The predicted octanol–water partition coefficient (Wildman–Crippen LogP) is 1.16. The van der Waals surface area contributed by atoms with Gasteiger partial charge in [-0.25, -0.2) is 8.42 Å². The van der Waals surface area contributed by atoms with E-state index in [4.69, 9.17) is 5.73 Å². The minimum absolute atomic E-state index is 0.0267. The van der Waals surface area contributed by atoms with Gasteiger partial charge < -0.3 is 11.1 Å². The SMILES string of the molecule is CNC(=O)c1ccc(S(=O)(=O)N2C[C@@H](N)[C@H](c3ccccc3)C2)cc1. The molecule has 2 atom stereocenters. The Morgan fingerprint density at radius 2 is 1.72 bits per heavy atom. The molecule has 0 unspecified atom stereocenters. The van der Waals surface area contributed by atoms with Crippen LogP contribution in [0.4, 0.5) is 0 Å². The minimum Gasteiger partial charge on any atom is -0.355 e. The maximum absolute atomic E-state index is 12.9. The average Bonchev–Trinajstić information content (AvgIpc) is 3.04. The van der Waals surface area contributed by atoms with E-state index in [0.29, 0.717) is 12.1 Å². The number of sulfonamides is 1. The molecular weight excluding hydrogens is 338 g/mol. The van der Waals surface area contributed by atoms with E-state index in [-0.39, 0.29) is 29.3 Å². The molecule has 1 amide bonds. The molecule has 0 saturated carbocycles. The molecule has 6 nitrogen and oxygen atoms in total. The van der Waals surface area contributed by atoms with E-state index in [0.717, 1.165) is 5.56 Å². The van der Waals surface area contributed by atoms with Crippen molar-refractivity contribution in [2.24, 2.45) is 5.73 Å². The first-order chi connectivity index (χ1) is 11.9. The number of nitrogens with two attached hydrogens (primary N) is 1. The fraction of sp³-hybridized carbons (Fsp3) is 0.278. The van der Waals surface area contributed by atoms with Crippen molar-refractivity contribution in [3.63, 3.8) is 0 Å². The van der Waals surface area contributed by atoms with Gasteiger partial charge in [-0.05, 0) is 29.8 Å². The van der Waals surface area contributed by atoms with Gasteiger partial charge in [-0.1, -0.05) is 30.3 Å². The van der Waals surface area contributed by atoms with Crippen LogP contribution < -0.4 is 11.1 Å². The zero-order chi connectivity index (χ0) is 18.0. The van der Waals surface area contributed by atoms with Crippen molar-refractivity contribution >= 4 is 15.9 Å². The van der Waals surface area contributed by atoms with Crippen molar-refractivity contribution in [2.75, 3.05) is 20.1 Å². The van der Waals surface area contributed by atoms with Crippen molar-refractivity contribution in [3.05, 3.63) is 65.7 Å². The molecule has 0 aliphatic carbocycles. The Bertz CT molecular complexity index is 851. The summed E-state index contributed by atoms with van der Waals surface area (Å²) < 4.78 is 27.2. The Hall–Kier alpha value is -2.22. The highest BCUT2D eigenvalue weighted by Crippen LogP contribution is 2.30. The van der Waals surface area contributed by atoms with Crippen molar-refractivity contribution in [3.8, 4) is 0 Å². The number of amides is 1. The van der Waals surface area contributed by atoms with Crippen LogP contribution >= 0.6 is 0 Å². The highest BCUT2D eigenvalue weighted by Gasteiger charge is 2.38. The Morgan fingerprint density at radius 1 is 1.08 bits per heavy atom. The van der Waals surface area contributed by atoms with Crippen LogP contribution in [0, 0.1) is 0 Å². The highest BCUT2D eigenvalue weighted by atomic mass is 32.2. The second kappa shape index (κ2) is 6.95. The number of rotatable bonds is 4. The zero-order valence-corrected chi connectivity index (χ0v) is 14.7. The van der Waals surface area contributed by atoms with Gasteiger partial charge in [-0.2, -0.15) is 4.31 Å². The van der Waals surface area contributed by atoms with E-state index in [1.807, 2.05) is 30.3 Å². The lowest BCUT2D eigenvalue weighted by Gasteiger charge is -2.17. The van der Waals surface area contributed by atoms with Crippen LogP contribution in [0.3, 0.4) is 0 Å². The molecule has 0 radical (unpaired) electrons. The fourth-order valence-corrected chi connectivity index (χ4v) is 4.62. The molecule has 0 bridgehead atoms. The largest absolute Gasteiger partial charge is 0.355 e. The molecule has 1 saturated heterocycles. The summed E-state index contributed by atoms with van der Waals surface area (Å²) in [4.78, 5) is 11.8. The van der Waals surface area contributed by atoms with E-state index in [9.17, 15) is 13.2 Å². The Balaban J connectivity index is 1.82. The second-order valence-electron chi connectivity index (χ2n) is 6.11. The summed E-state index contributed by atoms with van der Waals surface area (Å²) >= 11 is 0. The fourth-order valence-electron chi connectivity index (χ4n) is 3.11. The van der Waals surface area contributed by atoms with Crippen LogP contribution in [-0.4, -0.2) is 44.8 Å². The summed E-state index contributed by atoms with van der Waals surface area (Å²) in [6.07, 6.45) is 0. The maximum atomic E-state index is 12.9. The Labute approximate surface area is 147 Å². The quantitative estimate of drug-likeness (QED) is 0.857. The summed E-state index contributed by atoms with van der Waals surface area (Å²) in [7, 11) is -2.11. The monoisotopic (exact) mass is 359 g/mol. The first kappa shape index (κ1) is 17.6. The highest BCUT2D eigenvalue weighted by molar-refractivity contribution is 7.89. The third kappa shape index (κ3) is 3.44. The Morgan fingerprint density at radius 3 is 2.32 bits per heavy atom. The summed E-state index contributed by atoms with van der Waals surface area (Å²) in [5.41, 5.74) is 7.66. The molecule has 0 aromatic heterocycles. The second-order valence-corrected chi connectivity index (χ2v) is 8.04. The van der Waals surface area contributed by atoms with Crippen molar-refractivity contribution in [1.29, 1.82) is 0 Å².